The number of rotatable bonds is 9. The molecule has 7 fully saturated rings. The number of likely N-dealkylation sites (N-methyl/N-ethyl adjacent to an activating group) is 1. The number of ether oxygens (including phenoxy) is 1. The Morgan fingerprint density at radius 1 is 0.969 bits per heavy atom. The molecule has 0 saturated heterocycles. The molecule has 1 spiro atoms. The van der Waals surface area contributed by atoms with Gasteiger partial charge in [-0.2, -0.15) is 0 Å². The zero-order valence-electron chi connectivity index (χ0n) is 38.5. The minimum absolute atomic E-state index is 0.101. The summed E-state index contributed by atoms with van der Waals surface area (Å²) in [7, 11) is 1.91. The second kappa shape index (κ2) is 16.6. The van der Waals surface area contributed by atoms with Crippen LogP contribution in [0.15, 0.2) is 29.8 Å². The summed E-state index contributed by atoms with van der Waals surface area (Å²) < 4.78 is 6.27. The van der Waals surface area contributed by atoms with Crippen LogP contribution in [-0.4, -0.2) is 91.1 Å². The fraction of sp³-hybridized carbons (Fsp3) is 0.778. The third-order valence-corrected chi connectivity index (χ3v) is 20.9. The molecule has 1 aromatic rings. The van der Waals surface area contributed by atoms with E-state index in [9.17, 15) is 40.2 Å². The van der Waals surface area contributed by atoms with Crippen molar-refractivity contribution in [3.05, 3.63) is 46.5 Å². The maximum atomic E-state index is 14.6. The number of aliphatic hydroxyl groups excluding tert-OH is 3. The standard InChI is InChI=1S/C54H75NO9/c1-4-5-6-15-35-27-51(30-57)44-20-22-50-21-10-9-14-33-16-11-17-36(29-56)38(33)25-43(55-3)39-23-37(46(50)40-26-45(58)64-48(39)40)28-52(50,61)54(44,63)49(60)42-24-34(31(2)32-12-7-8-13-32)18-19-41(47(35)59)53(42,51)62/h11,16-17,26,30-32,34-35,37,39,41-44,46-49,55-56,59-63H,4-8,10,12-13,15,18-25,27-29H2,1-3H3. The summed E-state index contributed by atoms with van der Waals surface area (Å²) in [6.07, 6.45) is 12.5. The number of hydrogen-bond acceptors (Lipinski definition) is 10. The lowest BCUT2D eigenvalue weighted by Gasteiger charge is -2.73. The number of benzene rings is 1. The highest BCUT2D eigenvalue weighted by Crippen LogP contribution is 2.78. The van der Waals surface area contributed by atoms with Crippen LogP contribution in [0.3, 0.4) is 0 Å². The molecule has 0 radical (unpaired) electrons. The van der Waals surface area contributed by atoms with Gasteiger partial charge in [-0.3, -0.25) is 0 Å². The zero-order chi connectivity index (χ0) is 45.0. The van der Waals surface area contributed by atoms with Gasteiger partial charge in [0.05, 0.1) is 29.8 Å². The SMILES string of the molecule is CCCCCC1CC2(C=O)C3CCC45CCC#Cc6cccc(CO)c6CC(NC)C6CC(CC4(O)C3(O)C(O)C3CC(C(C)C4CCCC4)CCC(C1O)C32O)C5C1=CC(=O)OC16. The zero-order valence-corrected chi connectivity index (χ0v) is 38.5. The Hall–Kier alpha value is -2.62. The van der Waals surface area contributed by atoms with Gasteiger partial charge in [-0.15, -0.1) is 0 Å². The molecule has 8 aliphatic carbocycles. The summed E-state index contributed by atoms with van der Waals surface area (Å²) in [6.45, 7) is 4.33. The number of unbranched alkanes of at least 4 members (excludes halogenated alkanes) is 2. The molecule has 1 aliphatic heterocycles. The fourth-order valence-electron chi connectivity index (χ4n) is 18.1. The molecule has 4 bridgehead atoms. The second-order valence-electron chi connectivity index (χ2n) is 22.8. The van der Waals surface area contributed by atoms with E-state index in [2.05, 4.69) is 31.0 Å². The maximum absolute atomic E-state index is 14.6. The first-order valence-electron chi connectivity index (χ1n) is 25.6. The van der Waals surface area contributed by atoms with Crippen LogP contribution < -0.4 is 5.32 Å². The summed E-state index contributed by atoms with van der Waals surface area (Å²) in [6, 6.07) is 5.64. The Morgan fingerprint density at radius 2 is 1.77 bits per heavy atom. The number of carbonyl (C=O) groups excluding carboxylic acids is 2. The molecule has 10 rings (SSSR count). The van der Waals surface area contributed by atoms with Gasteiger partial charge in [0.15, 0.2) is 0 Å². The third-order valence-electron chi connectivity index (χ3n) is 20.9. The molecule has 10 nitrogen and oxygen atoms in total. The Morgan fingerprint density at radius 3 is 2.50 bits per heavy atom. The summed E-state index contributed by atoms with van der Waals surface area (Å²) in [5, 5.41) is 82.7. The molecule has 350 valence electrons. The quantitative estimate of drug-likeness (QED) is 0.0682. The normalized spacial score (nSPS) is 47.4. The van der Waals surface area contributed by atoms with Gasteiger partial charge in [0, 0.05) is 53.2 Å². The number of carbonyl (C=O) groups is 2. The van der Waals surface area contributed by atoms with Gasteiger partial charge in [-0.05, 0) is 136 Å². The first kappa shape index (κ1) is 45.2. The second-order valence-corrected chi connectivity index (χ2v) is 22.8. The lowest BCUT2D eigenvalue weighted by molar-refractivity contribution is -0.379. The smallest absolute Gasteiger partial charge is 0.331 e. The summed E-state index contributed by atoms with van der Waals surface area (Å²) in [5.74, 6) is 3.80. The van der Waals surface area contributed by atoms with E-state index in [1.54, 1.807) is 6.08 Å². The van der Waals surface area contributed by atoms with Crippen LogP contribution in [0.5, 0.6) is 0 Å². The number of hydrogen-bond donors (Lipinski definition) is 7. The Kier molecular flexibility index (Phi) is 11.7. The van der Waals surface area contributed by atoms with Crippen molar-refractivity contribution in [2.24, 2.45) is 70.0 Å². The number of esters is 1. The summed E-state index contributed by atoms with van der Waals surface area (Å²) in [5.41, 5.74) is -5.03. The van der Waals surface area contributed by atoms with Crippen molar-refractivity contribution < 1.29 is 45.0 Å². The Balaban J connectivity index is 1.15. The van der Waals surface area contributed by atoms with E-state index in [0.29, 0.717) is 63.2 Å². The largest absolute Gasteiger partial charge is 0.454 e. The third kappa shape index (κ3) is 6.08. The van der Waals surface area contributed by atoms with Crippen LogP contribution >= 0.6 is 0 Å². The maximum Gasteiger partial charge on any atom is 0.331 e. The molecule has 18 atom stereocenters. The van der Waals surface area contributed by atoms with Crippen LogP contribution in [0.4, 0.5) is 0 Å². The number of nitrogens with one attached hydrogen (secondary N) is 1. The van der Waals surface area contributed by atoms with Crippen molar-refractivity contribution in [3.8, 4) is 11.8 Å². The Bertz CT molecular complexity index is 2070. The molecular formula is C54H75NO9. The van der Waals surface area contributed by atoms with Crippen molar-refractivity contribution in [1.29, 1.82) is 0 Å². The van der Waals surface area contributed by atoms with Crippen molar-refractivity contribution in [2.75, 3.05) is 7.05 Å². The molecule has 7 N–H and O–H groups in total. The minimum atomic E-state index is -2.20. The number of aliphatic hydroxyl groups is 6. The van der Waals surface area contributed by atoms with Crippen molar-refractivity contribution >= 4 is 12.3 Å². The first-order chi connectivity index (χ1) is 30.8. The van der Waals surface area contributed by atoms with Crippen molar-refractivity contribution in [2.45, 2.75) is 184 Å². The van der Waals surface area contributed by atoms with E-state index in [-0.39, 0.29) is 61.5 Å². The van der Waals surface area contributed by atoms with E-state index in [4.69, 9.17) is 4.74 Å². The predicted octanol–water partition coefficient (Wildman–Crippen LogP) is 5.93. The minimum Gasteiger partial charge on any atom is -0.454 e. The molecule has 64 heavy (non-hydrogen) atoms. The van der Waals surface area contributed by atoms with Gasteiger partial charge in [0.2, 0.25) is 0 Å². The molecule has 18 unspecified atom stereocenters. The van der Waals surface area contributed by atoms with Gasteiger partial charge in [0.1, 0.15) is 23.6 Å². The molecule has 1 aromatic carbocycles. The monoisotopic (exact) mass is 882 g/mol. The number of aldehydes is 1. The van der Waals surface area contributed by atoms with Crippen molar-refractivity contribution in [3.63, 3.8) is 0 Å². The highest BCUT2D eigenvalue weighted by atomic mass is 16.5. The molecule has 1 heterocycles. The molecule has 9 aliphatic rings. The highest BCUT2D eigenvalue weighted by molar-refractivity contribution is 5.86. The summed E-state index contributed by atoms with van der Waals surface area (Å²) in [4.78, 5) is 28.2. The summed E-state index contributed by atoms with van der Waals surface area (Å²) >= 11 is 0. The topological polar surface area (TPSA) is 177 Å². The lowest BCUT2D eigenvalue weighted by atomic mass is 9.34. The van der Waals surface area contributed by atoms with E-state index in [1.165, 1.54) is 12.8 Å². The van der Waals surface area contributed by atoms with Crippen LogP contribution in [0, 0.1) is 81.8 Å². The van der Waals surface area contributed by atoms with E-state index >= 15 is 0 Å². The van der Waals surface area contributed by atoms with Gasteiger partial charge < -0.3 is 45.5 Å². The molecule has 0 amide bonds. The highest BCUT2D eigenvalue weighted by Gasteiger charge is 2.85. The fourth-order valence-corrected chi connectivity index (χ4v) is 18.1. The van der Waals surface area contributed by atoms with Crippen LogP contribution in [0.1, 0.15) is 146 Å². The lowest BCUT2D eigenvalue weighted by Crippen LogP contribution is -2.85. The van der Waals surface area contributed by atoms with Gasteiger partial charge in [0.25, 0.3) is 0 Å². The van der Waals surface area contributed by atoms with Crippen LogP contribution in [0.25, 0.3) is 0 Å². The first-order valence-corrected chi connectivity index (χ1v) is 25.6. The van der Waals surface area contributed by atoms with E-state index < -0.39 is 69.7 Å². The molecule has 0 aromatic heterocycles. The Labute approximate surface area is 380 Å². The van der Waals surface area contributed by atoms with Gasteiger partial charge >= 0.3 is 5.97 Å². The average molecular weight is 882 g/mol. The van der Waals surface area contributed by atoms with Crippen molar-refractivity contribution in [1.82, 2.24) is 5.32 Å². The van der Waals surface area contributed by atoms with Crippen LogP contribution in [0.2, 0.25) is 0 Å². The van der Waals surface area contributed by atoms with Gasteiger partial charge in [-0.25, -0.2) is 4.79 Å². The van der Waals surface area contributed by atoms with E-state index in [0.717, 1.165) is 67.1 Å². The average Bonchev–Trinajstić information content (AvgIpc) is 4.00. The number of fused-ring (bicyclic) bond motifs is 7. The predicted molar refractivity (Wildman–Crippen MR) is 241 cm³/mol. The van der Waals surface area contributed by atoms with Crippen LogP contribution in [-0.2, 0) is 27.4 Å². The molecule has 10 heteroatoms. The van der Waals surface area contributed by atoms with Gasteiger partial charge in [-0.1, -0.05) is 82.8 Å². The van der Waals surface area contributed by atoms with E-state index in [1.807, 2.05) is 25.2 Å². The molecule has 7 saturated carbocycles. The molecular weight excluding hydrogens is 807 g/mol.